The van der Waals surface area contributed by atoms with Crippen molar-refractivity contribution >= 4 is 0 Å². The van der Waals surface area contributed by atoms with Crippen LogP contribution in [0.25, 0.3) is 0 Å². The van der Waals surface area contributed by atoms with Gasteiger partial charge in [0.2, 0.25) is 0 Å². The van der Waals surface area contributed by atoms with E-state index in [2.05, 4.69) is 5.32 Å². The van der Waals surface area contributed by atoms with Crippen LogP contribution >= 0.6 is 0 Å². The molecule has 72 valence electrons. The number of rotatable bonds is 6. The topological polar surface area (TPSA) is 35.5 Å². The average Bonchev–Trinajstić information content (AvgIpc) is 2.69. The minimum Gasteiger partial charge on any atom is -0.390 e. The second kappa shape index (κ2) is 4.80. The summed E-state index contributed by atoms with van der Waals surface area (Å²) >= 11 is 0. The van der Waals surface area contributed by atoms with Gasteiger partial charge in [0.25, 0.3) is 0 Å². The second-order valence-corrected chi connectivity index (χ2v) is 4.02. The predicted octanol–water partition coefficient (Wildman–Crippen LogP) is -0.0915. The van der Waals surface area contributed by atoms with Crippen LogP contribution in [0.1, 0.15) is 12.8 Å². The van der Waals surface area contributed by atoms with Gasteiger partial charge in [-0.3, -0.25) is 0 Å². The van der Waals surface area contributed by atoms with Crippen LogP contribution in [0.4, 0.5) is 0 Å². The van der Waals surface area contributed by atoms with E-state index >= 15 is 0 Å². The van der Waals surface area contributed by atoms with E-state index in [4.69, 9.17) is 0 Å². The molecule has 0 aliphatic heterocycles. The highest BCUT2D eigenvalue weighted by atomic mass is 16.3. The van der Waals surface area contributed by atoms with Crippen molar-refractivity contribution in [2.75, 3.05) is 33.7 Å². The summed E-state index contributed by atoms with van der Waals surface area (Å²) in [5.41, 5.74) is 0. The van der Waals surface area contributed by atoms with Gasteiger partial charge in [0.05, 0.1) is 6.10 Å². The lowest BCUT2D eigenvalue weighted by Crippen LogP contribution is -2.35. The molecule has 0 radical (unpaired) electrons. The van der Waals surface area contributed by atoms with E-state index in [9.17, 15) is 5.11 Å². The first-order valence-corrected chi connectivity index (χ1v) is 4.72. The fraction of sp³-hybridized carbons (Fsp3) is 1.00. The lowest BCUT2D eigenvalue weighted by atomic mass is 10.3. The molecule has 2 N–H and O–H groups in total. The molecule has 0 aromatic carbocycles. The van der Waals surface area contributed by atoms with Gasteiger partial charge in [-0.15, -0.1) is 0 Å². The summed E-state index contributed by atoms with van der Waals surface area (Å²) in [6.45, 7) is 2.57. The molecule has 0 aromatic heterocycles. The molecule has 1 aliphatic carbocycles. The van der Waals surface area contributed by atoms with E-state index in [1.807, 2.05) is 19.0 Å². The number of hydrogen-bond acceptors (Lipinski definition) is 3. The Labute approximate surface area is 74.8 Å². The Morgan fingerprint density at radius 1 is 1.50 bits per heavy atom. The highest BCUT2D eigenvalue weighted by Crippen LogP contribution is 2.27. The molecule has 12 heavy (non-hydrogen) atoms. The van der Waals surface area contributed by atoms with Crippen molar-refractivity contribution in [1.29, 1.82) is 0 Å². The number of aliphatic hydroxyl groups excluding tert-OH is 1. The Hall–Kier alpha value is -0.120. The molecule has 1 atom stereocenters. The summed E-state index contributed by atoms with van der Waals surface area (Å²) < 4.78 is 0. The van der Waals surface area contributed by atoms with Crippen LogP contribution in [0.5, 0.6) is 0 Å². The summed E-state index contributed by atoms with van der Waals surface area (Å²) in [5.74, 6) is 0.900. The minimum atomic E-state index is -0.223. The number of aliphatic hydroxyl groups is 1. The second-order valence-electron chi connectivity index (χ2n) is 4.02. The summed E-state index contributed by atoms with van der Waals surface area (Å²) in [5, 5.41) is 12.7. The fourth-order valence-corrected chi connectivity index (χ4v) is 1.26. The number of nitrogens with zero attached hydrogens (tertiary/aromatic N) is 1. The van der Waals surface area contributed by atoms with Crippen molar-refractivity contribution in [1.82, 2.24) is 10.2 Å². The highest BCUT2D eigenvalue weighted by molar-refractivity contribution is 4.76. The van der Waals surface area contributed by atoms with Gasteiger partial charge in [-0.25, -0.2) is 0 Å². The van der Waals surface area contributed by atoms with E-state index in [1.54, 1.807) is 0 Å². The smallest absolute Gasteiger partial charge is 0.0791 e. The molecule has 1 unspecified atom stereocenters. The molecular weight excluding hydrogens is 152 g/mol. The van der Waals surface area contributed by atoms with Crippen LogP contribution in [0, 0.1) is 5.92 Å². The highest BCUT2D eigenvalue weighted by Gasteiger charge is 2.20. The minimum absolute atomic E-state index is 0.223. The van der Waals surface area contributed by atoms with Gasteiger partial charge in [0.15, 0.2) is 0 Å². The zero-order valence-electron chi connectivity index (χ0n) is 8.08. The maximum atomic E-state index is 9.45. The van der Waals surface area contributed by atoms with Crippen LogP contribution in [-0.4, -0.2) is 49.8 Å². The standard InChI is InChI=1S/C9H20N2O/c1-11(2)7-9(12)6-10-5-8-3-4-8/h8-10,12H,3-7H2,1-2H3. The fourth-order valence-electron chi connectivity index (χ4n) is 1.26. The van der Waals surface area contributed by atoms with Gasteiger partial charge in [0.1, 0.15) is 0 Å². The summed E-state index contributed by atoms with van der Waals surface area (Å²) in [4.78, 5) is 2.00. The Kier molecular flexibility index (Phi) is 3.98. The van der Waals surface area contributed by atoms with Gasteiger partial charge in [-0.2, -0.15) is 0 Å². The lowest BCUT2D eigenvalue weighted by Gasteiger charge is -2.16. The van der Waals surface area contributed by atoms with Crippen molar-refractivity contribution in [3.63, 3.8) is 0 Å². The SMILES string of the molecule is CN(C)CC(O)CNCC1CC1. The van der Waals surface area contributed by atoms with Crippen LogP contribution in [0.3, 0.4) is 0 Å². The van der Waals surface area contributed by atoms with Gasteiger partial charge in [-0.1, -0.05) is 0 Å². The molecule has 1 fully saturated rings. The largest absolute Gasteiger partial charge is 0.390 e. The van der Waals surface area contributed by atoms with Crippen molar-refractivity contribution in [3.05, 3.63) is 0 Å². The Bertz CT molecular complexity index is 124. The summed E-state index contributed by atoms with van der Waals surface area (Å²) in [6, 6.07) is 0. The third-order valence-electron chi connectivity index (χ3n) is 2.09. The molecule has 1 aliphatic rings. The number of likely N-dealkylation sites (N-methyl/N-ethyl adjacent to an activating group) is 1. The van der Waals surface area contributed by atoms with Crippen molar-refractivity contribution in [2.45, 2.75) is 18.9 Å². The molecule has 0 bridgehead atoms. The quantitative estimate of drug-likeness (QED) is 0.588. The molecule has 1 rings (SSSR count). The monoisotopic (exact) mass is 172 g/mol. The van der Waals surface area contributed by atoms with E-state index < -0.39 is 0 Å². The Balaban J connectivity index is 1.89. The van der Waals surface area contributed by atoms with Crippen molar-refractivity contribution in [3.8, 4) is 0 Å². The van der Waals surface area contributed by atoms with E-state index in [0.717, 1.165) is 25.6 Å². The molecule has 0 amide bonds. The first-order chi connectivity index (χ1) is 5.68. The normalized spacial score (nSPS) is 20.0. The Morgan fingerprint density at radius 2 is 2.17 bits per heavy atom. The van der Waals surface area contributed by atoms with Crippen molar-refractivity contribution < 1.29 is 5.11 Å². The number of hydrogen-bond donors (Lipinski definition) is 2. The molecule has 0 heterocycles. The van der Waals surface area contributed by atoms with Crippen LogP contribution in [0.15, 0.2) is 0 Å². The van der Waals surface area contributed by atoms with E-state index in [0.29, 0.717) is 0 Å². The van der Waals surface area contributed by atoms with E-state index in [1.165, 1.54) is 12.8 Å². The molecule has 0 saturated heterocycles. The molecule has 0 spiro atoms. The third-order valence-corrected chi connectivity index (χ3v) is 2.09. The lowest BCUT2D eigenvalue weighted by molar-refractivity contribution is 0.134. The van der Waals surface area contributed by atoms with Crippen LogP contribution in [-0.2, 0) is 0 Å². The zero-order chi connectivity index (χ0) is 8.97. The first-order valence-electron chi connectivity index (χ1n) is 4.72. The zero-order valence-corrected chi connectivity index (χ0v) is 8.08. The molecule has 1 saturated carbocycles. The predicted molar refractivity (Wildman–Crippen MR) is 50.2 cm³/mol. The summed E-state index contributed by atoms with van der Waals surface area (Å²) in [7, 11) is 3.95. The average molecular weight is 172 g/mol. The molecule has 3 nitrogen and oxygen atoms in total. The molecule has 0 aromatic rings. The van der Waals surface area contributed by atoms with Crippen molar-refractivity contribution in [2.24, 2.45) is 5.92 Å². The molecule has 3 heteroatoms. The van der Waals surface area contributed by atoms with Gasteiger partial charge in [0, 0.05) is 13.1 Å². The van der Waals surface area contributed by atoms with Gasteiger partial charge < -0.3 is 15.3 Å². The number of nitrogens with one attached hydrogen (secondary N) is 1. The Morgan fingerprint density at radius 3 is 2.67 bits per heavy atom. The van der Waals surface area contributed by atoms with E-state index in [-0.39, 0.29) is 6.10 Å². The van der Waals surface area contributed by atoms with Gasteiger partial charge in [-0.05, 0) is 39.4 Å². The maximum Gasteiger partial charge on any atom is 0.0791 e. The third kappa shape index (κ3) is 4.70. The summed E-state index contributed by atoms with van der Waals surface area (Å²) in [6.07, 6.45) is 2.52. The van der Waals surface area contributed by atoms with Gasteiger partial charge >= 0.3 is 0 Å². The maximum absolute atomic E-state index is 9.45. The van der Waals surface area contributed by atoms with Crippen LogP contribution < -0.4 is 5.32 Å². The molecular formula is C9H20N2O. The van der Waals surface area contributed by atoms with Crippen LogP contribution in [0.2, 0.25) is 0 Å². The first kappa shape index (κ1) is 9.96.